The molecule has 1 aromatic heterocycles. The summed E-state index contributed by atoms with van der Waals surface area (Å²) in [5.74, 6) is -2.50. The molecule has 6 rings (SSSR count). The third kappa shape index (κ3) is 3.20. The molecule has 10 nitrogen and oxygen atoms in total. The molecule has 1 aromatic carbocycles. The van der Waals surface area contributed by atoms with Crippen LogP contribution in [0.5, 0.6) is 11.5 Å². The van der Waals surface area contributed by atoms with E-state index >= 15 is 0 Å². The fourth-order valence-electron chi connectivity index (χ4n) is 6.17. The van der Waals surface area contributed by atoms with Gasteiger partial charge in [-0.2, -0.15) is 0 Å². The fourth-order valence-corrected chi connectivity index (χ4v) is 6.88. The SMILES string of the molecule is C/C=C/C=C/c1cc2c(Br)c3c(c(O)c2c(=O)[nH]1)[C@@]1(CC3)C(O)=c2c(=O)c3c(=O)cc(OC)c(=O)c=3c(=O)c2=C1O. The van der Waals surface area contributed by atoms with Crippen molar-refractivity contribution in [2.24, 2.45) is 0 Å². The topological polar surface area (TPSA) is 171 Å². The van der Waals surface area contributed by atoms with Crippen molar-refractivity contribution in [3.05, 3.63) is 124 Å². The zero-order valence-electron chi connectivity index (χ0n) is 21.5. The first-order chi connectivity index (χ1) is 19.5. The number of rotatable bonds is 3. The average molecular weight is 618 g/mol. The van der Waals surface area contributed by atoms with Gasteiger partial charge in [0.15, 0.2) is 11.2 Å². The van der Waals surface area contributed by atoms with Crippen LogP contribution in [0.3, 0.4) is 0 Å². The number of pyridine rings is 1. The van der Waals surface area contributed by atoms with Crippen molar-refractivity contribution in [1.82, 2.24) is 4.98 Å². The highest BCUT2D eigenvalue weighted by Crippen LogP contribution is 2.56. The molecule has 4 aliphatic rings. The highest BCUT2D eigenvalue weighted by molar-refractivity contribution is 9.10. The molecule has 4 N–H and O–H groups in total. The van der Waals surface area contributed by atoms with E-state index in [0.717, 1.165) is 13.2 Å². The van der Waals surface area contributed by atoms with E-state index in [1.807, 2.05) is 13.0 Å². The van der Waals surface area contributed by atoms with E-state index in [4.69, 9.17) is 4.74 Å². The van der Waals surface area contributed by atoms with E-state index in [1.54, 1.807) is 24.3 Å². The molecule has 0 unspecified atom stereocenters. The van der Waals surface area contributed by atoms with E-state index in [1.165, 1.54) is 0 Å². The monoisotopic (exact) mass is 617 g/mol. The quantitative estimate of drug-likeness (QED) is 0.243. The summed E-state index contributed by atoms with van der Waals surface area (Å²) in [6, 6.07) is 2.44. The van der Waals surface area contributed by atoms with Gasteiger partial charge in [0.25, 0.3) is 5.56 Å². The Labute approximate surface area is 236 Å². The van der Waals surface area contributed by atoms with E-state index in [9.17, 15) is 39.3 Å². The van der Waals surface area contributed by atoms with Gasteiger partial charge < -0.3 is 25.0 Å². The first kappa shape index (κ1) is 26.5. The Bertz CT molecular complexity index is 2410. The number of hydrogen-bond donors (Lipinski definition) is 4. The van der Waals surface area contributed by atoms with Gasteiger partial charge in [0, 0.05) is 27.2 Å². The van der Waals surface area contributed by atoms with Gasteiger partial charge in [-0.15, -0.1) is 0 Å². The van der Waals surface area contributed by atoms with E-state index < -0.39 is 76.6 Å². The molecule has 41 heavy (non-hydrogen) atoms. The number of aliphatic hydroxyl groups is 2. The van der Waals surface area contributed by atoms with Crippen molar-refractivity contribution >= 4 is 44.3 Å². The Morgan fingerprint density at radius 3 is 2.22 bits per heavy atom. The Morgan fingerprint density at radius 2 is 1.59 bits per heavy atom. The number of methoxy groups -OCH3 is 1. The lowest BCUT2D eigenvalue weighted by atomic mass is 9.78. The van der Waals surface area contributed by atoms with Crippen LogP contribution >= 0.6 is 15.9 Å². The number of allylic oxidation sites excluding steroid dienone is 3. The van der Waals surface area contributed by atoms with Gasteiger partial charge in [-0.05, 0) is 53.4 Å². The lowest BCUT2D eigenvalue weighted by Gasteiger charge is -2.27. The minimum atomic E-state index is -1.97. The van der Waals surface area contributed by atoms with Crippen molar-refractivity contribution in [3.63, 3.8) is 0 Å². The van der Waals surface area contributed by atoms with Crippen LogP contribution in [0, 0.1) is 10.4 Å². The molecule has 11 heteroatoms. The molecule has 0 amide bonds. The molecule has 4 aliphatic carbocycles. The number of H-pyrrole nitrogens is 1. The second kappa shape index (κ2) is 8.87. The van der Waals surface area contributed by atoms with Crippen LogP contribution < -0.4 is 42.4 Å². The lowest BCUT2D eigenvalue weighted by molar-refractivity contribution is 0.362. The molecule has 0 saturated heterocycles. The lowest BCUT2D eigenvalue weighted by Crippen LogP contribution is -2.51. The molecule has 206 valence electrons. The summed E-state index contributed by atoms with van der Waals surface area (Å²) in [6.07, 6.45) is 7.06. The van der Waals surface area contributed by atoms with Crippen molar-refractivity contribution in [3.8, 4) is 11.5 Å². The second-order valence-electron chi connectivity index (χ2n) is 9.91. The standard InChI is InChI=1S/C30H20BrNO9/c1-3-4-5-6-11-9-13-16(29(40)32-11)26(37)21-12(22(13)31)7-8-30(21)27(38)19-20(28(30)39)25(36)18-17(24(19)35)14(33)10-15(41-2)23(18)34/h3-6,9-10,37-39H,7-8H2,1-2H3,(H,32,40)/b4-3+,6-5+/t30-/m0/s1. The second-order valence-corrected chi connectivity index (χ2v) is 10.7. The van der Waals surface area contributed by atoms with Gasteiger partial charge >= 0.3 is 0 Å². The predicted molar refractivity (Wildman–Crippen MR) is 155 cm³/mol. The number of fused-ring (bicyclic) bond motifs is 4. The number of hydrogen-bond acceptors (Lipinski definition) is 9. The summed E-state index contributed by atoms with van der Waals surface area (Å²) in [5.41, 5.74) is -5.98. The third-order valence-corrected chi connectivity index (χ3v) is 8.86. The maximum atomic E-state index is 13.6. The minimum absolute atomic E-state index is 0.0593. The van der Waals surface area contributed by atoms with Crippen molar-refractivity contribution < 1.29 is 20.1 Å². The Kier molecular flexibility index (Phi) is 5.72. The first-order valence-corrected chi connectivity index (χ1v) is 13.3. The summed E-state index contributed by atoms with van der Waals surface area (Å²) < 4.78 is 5.32. The number of phenolic OH excluding ortho intramolecular Hbond substituents is 1. The molecule has 0 bridgehead atoms. The number of aromatic amines is 1. The van der Waals surface area contributed by atoms with Gasteiger partial charge in [-0.25, -0.2) is 0 Å². The molecule has 0 fully saturated rings. The Hall–Kier alpha value is -4.77. The molecule has 0 aliphatic heterocycles. The van der Waals surface area contributed by atoms with Gasteiger partial charge in [0.1, 0.15) is 22.7 Å². The maximum absolute atomic E-state index is 13.6. The van der Waals surface area contributed by atoms with Crippen LogP contribution in [-0.4, -0.2) is 27.4 Å². The van der Waals surface area contributed by atoms with E-state index in [2.05, 4.69) is 20.9 Å². The number of halogens is 1. The van der Waals surface area contributed by atoms with Crippen molar-refractivity contribution in [2.45, 2.75) is 25.2 Å². The molecular formula is C30H20BrNO9. The Morgan fingerprint density at radius 1 is 0.927 bits per heavy atom. The number of nitrogens with one attached hydrogen (secondary N) is 1. The molecule has 2 aromatic rings. The van der Waals surface area contributed by atoms with Crippen molar-refractivity contribution in [1.29, 1.82) is 0 Å². The van der Waals surface area contributed by atoms with E-state index in [-0.39, 0.29) is 23.8 Å². The Balaban J connectivity index is 1.78. The van der Waals surface area contributed by atoms with Crippen LogP contribution in [0.2, 0.25) is 0 Å². The largest absolute Gasteiger partial charge is 0.510 e. The third-order valence-electron chi connectivity index (χ3n) is 7.96. The zero-order valence-corrected chi connectivity index (χ0v) is 23.1. The predicted octanol–water partition coefficient (Wildman–Crippen LogP) is 0.865. The number of aromatic nitrogens is 1. The van der Waals surface area contributed by atoms with Gasteiger partial charge in [-0.1, -0.05) is 18.2 Å². The van der Waals surface area contributed by atoms with Gasteiger partial charge in [-0.3, -0.25) is 24.0 Å². The van der Waals surface area contributed by atoms with Crippen molar-refractivity contribution in [2.75, 3.05) is 7.11 Å². The van der Waals surface area contributed by atoms with Gasteiger partial charge in [0.05, 0.1) is 33.4 Å². The van der Waals surface area contributed by atoms with Crippen LogP contribution in [0.25, 0.3) is 28.4 Å². The number of aromatic hydroxyl groups is 1. The van der Waals surface area contributed by atoms with Crippen LogP contribution in [0.15, 0.2) is 58.8 Å². The molecule has 1 heterocycles. The maximum Gasteiger partial charge on any atom is 0.260 e. The summed E-state index contributed by atoms with van der Waals surface area (Å²) >= 11 is 3.52. The average Bonchev–Trinajstić information content (AvgIpc) is 3.45. The normalized spacial score (nSPS) is 18.0. The molecule has 1 atom stereocenters. The minimum Gasteiger partial charge on any atom is -0.510 e. The fraction of sp³-hybridized carbons (Fsp3) is 0.167. The number of benzene rings is 1. The number of aliphatic hydroxyl groups excluding tert-OH is 2. The molecule has 0 radical (unpaired) electrons. The molecule has 1 spiro atoms. The van der Waals surface area contributed by atoms with Crippen LogP contribution in [-0.2, 0) is 11.8 Å². The summed E-state index contributed by atoms with van der Waals surface area (Å²) in [4.78, 5) is 68.7. The summed E-state index contributed by atoms with van der Waals surface area (Å²) in [6.45, 7) is 1.84. The zero-order chi connectivity index (χ0) is 29.5. The highest BCUT2D eigenvalue weighted by atomic mass is 79.9. The smallest absolute Gasteiger partial charge is 0.260 e. The number of ether oxygens (including phenoxy) is 1. The van der Waals surface area contributed by atoms with Gasteiger partial charge in [0.2, 0.25) is 16.3 Å². The van der Waals surface area contributed by atoms with Crippen LogP contribution in [0.4, 0.5) is 0 Å². The summed E-state index contributed by atoms with van der Waals surface area (Å²) in [5, 5.41) is 32.1. The summed E-state index contributed by atoms with van der Waals surface area (Å²) in [7, 11) is 1.12. The highest BCUT2D eigenvalue weighted by Gasteiger charge is 2.53. The number of phenols is 1. The molecule has 0 saturated carbocycles. The molecular weight excluding hydrogens is 598 g/mol. The first-order valence-electron chi connectivity index (χ1n) is 12.5. The van der Waals surface area contributed by atoms with Crippen LogP contribution in [0.1, 0.15) is 30.2 Å². The van der Waals surface area contributed by atoms with E-state index in [0.29, 0.717) is 21.1 Å².